The topological polar surface area (TPSA) is 91.4 Å². The first-order valence-corrected chi connectivity index (χ1v) is 8.12. The molecule has 0 aliphatic carbocycles. The zero-order valence-corrected chi connectivity index (χ0v) is 13.9. The van der Waals surface area contributed by atoms with Crippen molar-refractivity contribution in [2.75, 3.05) is 19.8 Å². The Morgan fingerprint density at radius 3 is 2.67 bits per heavy atom. The summed E-state index contributed by atoms with van der Waals surface area (Å²) in [4.78, 5) is 27.6. The summed E-state index contributed by atoms with van der Waals surface area (Å²) in [5, 5.41) is 13.4. The Hall–Kier alpha value is -2.34. The molecule has 0 atom stereocenters. The molecule has 6 heteroatoms. The van der Waals surface area contributed by atoms with Crippen LogP contribution < -0.4 is 5.32 Å². The summed E-state index contributed by atoms with van der Waals surface area (Å²) in [5.41, 5.74) is 2.53. The number of aromatic nitrogens is 1. The fourth-order valence-corrected chi connectivity index (χ4v) is 3.25. The van der Waals surface area contributed by atoms with E-state index in [-0.39, 0.29) is 12.5 Å². The highest BCUT2D eigenvalue weighted by molar-refractivity contribution is 6.06. The molecule has 6 nitrogen and oxygen atoms in total. The van der Waals surface area contributed by atoms with Crippen molar-refractivity contribution in [3.8, 4) is 0 Å². The number of hydrogen-bond donors (Lipinski definition) is 3. The average Bonchev–Trinajstić information content (AvgIpc) is 2.88. The standard InChI is InChI=1S/C18H22N2O4/c1-11-12(2)20-15-13(11)4-3-5-14(15)16(21)19-10-18(17(22)23)6-8-24-9-7-18/h3-5,20H,6-10H2,1-2H3,(H,19,21)(H,22,23). The van der Waals surface area contributed by atoms with Gasteiger partial charge in [0.1, 0.15) is 0 Å². The number of carboxylic acid groups (broad SMARTS) is 1. The van der Waals surface area contributed by atoms with Gasteiger partial charge in [-0.15, -0.1) is 0 Å². The number of carbonyl (C=O) groups is 2. The van der Waals surface area contributed by atoms with Gasteiger partial charge in [-0.05, 0) is 38.3 Å². The van der Waals surface area contributed by atoms with Crippen molar-refractivity contribution in [1.29, 1.82) is 0 Å². The van der Waals surface area contributed by atoms with Gasteiger partial charge in [-0.25, -0.2) is 0 Å². The maximum absolute atomic E-state index is 12.6. The molecule has 1 aliphatic heterocycles. The molecule has 1 fully saturated rings. The highest BCUT2D eigenvalue weighted by Gasteiger charge is 2.40. The van der Waals surface area contributed by atoms with E-state index in [9.17, 15) is 14.7 Å². The summed E-state index contributed by atoms with van der Waals surface area (Å²) in [6.07, 6.45) is 0.821. The molecule has 1 aromatic carbocycles. The number of carbonyl (C=O) groups excluding carboxylic acids is 1. The molecule has 1 saturated heterocycles. The van der Waals surface area contributed by atoms with Gasteiger partial charge in [0, 0.05) is 30.8 Å². The number of aliphatic carboxylic acids is 1. The van der Waals surface area contributed by atoms with Crippen molar-refractivity contribution in [2.45, 2.75) is 26.7 Å². The van der Waals surface area contributed by atoms with Crippen LogP contribution in [0.15, 0.2) is 18.2 Å². The Labute approximate surface area is 140 Å². The van der Waals surface area contributed by atoms with Gasteiger partial charge in [0.2, 0.25) is 0 Å². The first-order chi connectivity index (χ1) is 11.4. The van der Waals surface area contributed by atoms with E-state index in [4.69, 9.17) is 4.74 Å². The second-order valence-corrected chi connectivity index (χ2v) is 6.48. The zero-order chi connectivity index (χ0) is 17.3. The third-order valence-corrected chi connectivity index (χ3v) is 5.08. The predicted octanol–water partition coefficient (Wildman–Crippen LogP) is 2.40. The Morgan fingerprint density at radius 2 is 2.00 bits per heavy atom. The molecule has 0 radical (unpaired) electrons. The molecular weight excluding hydrogens is 308 g/mol. The van der Waals surface area contributed by atoms with Crippen LogP contribution in [0, 0.1) is 19.3 Å². The maximum atomic E-state index is 12.6. The maximum Gasteiger partial charge on any atom is 0.311 e. The fraction of sp³-hybridized carbons (Fsp3) is 0.444. The minimum Gasteiger partial charge on any atom is -0.481 e. The number of benzene rings is 1. The molecular formula is C18H22N2O4. The van der Waals surface area contributed by atoms with E-state index in [0.29, 0.717) is 31.6 Å². The Morgan fingerprint density at radius 1 is 1.29 bits per heavy atom. The van der Waals surface area contributed by atoms with E-state index < -0.39 is 11.4 Å². The summed E-state index contributed by atoms with van der Waals surface area (Å²) in [7, 11) is 0. The van der Waals surface area contributed by atoms with Crippen LogP contribution in [0.4, 0.5) is 0 Å². The second kappa shape index (κ2) is 6.28. The molecule has 3 N–H and O–H groups in total. The van der Waals surface area contributed by atoms with Gasteiger partial charge >= 0.3 is 5.97 Å². The van der Waals surface area contributed by atoms with Crippen molar-refractivity contribution >= 4 is 22.8 Å². The molecule has 0 bridgehead atoms. The summed E-state index contributed by atoms with van der Waals surface area (Å²) in [5.74, 6) is -1.13. The molecule has 1 aromatic heterocycles. The first-order valence-electron chi connectivity index (χ1n) is 8.12. The third kappa shape index (κ3) is 2.78. The van der Waals surface area contributed by atoms with Crippen LogP contribution in [0.25, 0.3) is 10.9 Å². The second-order valence-electron chi connectivity index (χ2n) is 6.48. The average molecular weight is 330 g/mol. The van der Waals surface area contributed by atoms with E-state index in [1.54, 1.807) is 6.07 Å². The number of amides is 1. The number of fused-ring (bicyclic) bond motifs is 1. The van der Waals surface area contributed by atoms with Gasteiger partial charge < -0.3 is 20.1 Å². The lowest BCUT2D eigenvalue weighted by Gasteiger charge is -2.33. The lowest BCUT2D eigenvalue weighted by molar-refractivity contribution is -0.154. The normalized spacial score (nSPS) is 16.9. The molecule has 0 unspecified atom stereocenters. The van der Waals surface area contributed by atoms with E-state index >= 15 is 0 Å². The molecule has 0 saturated carbocycles. The quantitative estimate of drug-likeness (QED) is 0.803. The molecule has 2 aromatic rings. The van der Waals surface area contributed by atoms with Gasteiger partial charge in [0.15, 0.2) is 0 Å². The highest BCUT2D eigenvalue weighted by Crippen LogP contribution is 2.30. The Bertz CT molecular complexity index is 788. The van der Waals surface area contributed by atoms with Crippen LogP contribution in [0.2, 0.25) is 0 Å². The molecule has 128 valence electrons. The number of hydrogen-bond acceptors (Lipinski definition) is 3. The summed E-state index contributed by atoms with van der Waals surface area (Å²) < 4.78 is 5.26. The molecule has 0 spiro atoms. The van der Waals surface area contributed by atoms with Crippen molar-refractivity contribution in [3.05, 3.63) is 35.0 Å². The van der Waals surface area contributed by atoms with Crippen molar-refractivity contribution < 1.29 is 19.4 Å². The van der Waals surface area contributed by atoms with Crippen LogP contribution in [0.3, 0.4) is 0 Å². The SMILES string of the molecule is Cc1[nH]c2c(C(=O)NCC3(C(=O)O)CCOCC3)cccc2c1C. The summed E-state index contributed by atoms with van der Waals surface area (Å²) >= 11 is 0. The number of para-hydroxylation sites is 1. The molecule has 1 amide bonds. The molecule has 3 rings (SSSR count). The van der Waals surface area contributed by atoms with E-state index in [1.165, 1.54) is 0 Å². The Balaban J connectivity index is 1.83. The molecule has 1 aliphatic rings. The number of aromatic amines is 1. The van der Waals surface area contributed by atoms with Crippen molar-refractivity contribution in [2.24, 2.45) is 5.41 Å². The molecule has 24 heavy (non-hydrogen) atoms. The van der Waals surface area contributed by atoms with Crippen molar-refractivity contribution in [3.63, 3.8) is 0 Å². The summed E-state index contributed by atoms with van der Waals surface area (Å²) in [6, 6.07) is 5.57. The number of carboxylic acids is 1. The van der Waals surface area contributed by atoms with Gasteiger partial charge in [0.25, 0.3) is 5.91 Å². The van der Waals surface area contributed by atoms with Gasteiger partial charge in [-0.1, -0.05) is 12.1 Å². The number of rotatable bonds is 4. The van der Waals surface area contributed by atoms with Crippen LogP contribution in [0.1, 0.15) is 34.5 Å². The van der Waals surface area contributed by atoms with Crippen LogP contribution in [-0.4, -0.2) is 41.7 Å². The largest absolute Gasteiger partial charge is 0.481 e. The van der Waals surface area contributed by atoms with Crippen LogP contribution in [0.5, 0.6) is 0 Å². The van der Waals surface area contributed by atoms with E-state index in [2.05, 4.69) is 10.3 Å². The monoisotopic (exact) mass is 330 g/mol. The Kier molecular flexibility index (Phi) is 4.32. The number of nitrogens with one attached hydrogen (secondary N) is 2. The highest BCUT2D eigenvalue weighted by atomic mass is 16.5. The fourth-order valence-electron chi connectivity index (χ4n) is 3.25. The molecule has 2 heterocycles. The zero-order valence-electron chi connectivity index (χ0n) is 13.9. The smallest absolute Gasteiger partial charge is 0.311 e. The van der Waals surface area contributed by atoms with Crippen molar-refractivity contribution in [1.82, 2.24) is 10.3 Å². The summed E-state index contributed by atoms with van der Waals surface area (Å²) in [6.45, 7) is 4.91. The number of H-pyrrole nitrogens is 1. The van der Waals surface area contributed by atoms with E-state index in [1.807, 2.05) is 26.0 Å². The van der Waals surface area contributed by atoms with Crippen LogP contribution in [-0.2, 0) is 9.53 Å². The number of aryl methyl sites for hydroxylation is 2. The van der Waals surface area contributed by atoms with Gasteiger partial charge in [0.05, 0.1) is 16.5 Å². The van der Waals surface area contributed by atoms with E-state index in [0.717, 1.165) is 22.2 Å². The predicted molar refractivity (Wildman–Crippen MR) is 90.2 cm³/mol. The minimum atomic E-state index is -0.941. The first kappa shape index (κ1) is 16.5. The van der Waals surface area contributed by atoms with Crippen LogP contribution >= 0.6 is 0 Å². The lowest BCUT2D eigenvalue weighted by atomic mass is 9.80. The third-order valence-electron chi connectivity index (χ3n) is 5.08. The van der Waals surface area contributed by atoms with Gasteiger partial charge in [-0.3, -0.25) is 9.59 Å². The van der Waals surface area contributed by atoms with Gasteiger partial charge in [-0.2, -0.15) is 0 Å². The number of ether oxygens (including phenoxy) is 1. The minimum absolute atomic E-state index is 0.111. The lowest BCUT2D eigenvalue weighted by Crippen LogP contribution is -2.46.